The summed E-state index contributed by atoms with van der Waals surface area (Å²) in [5.41, 5.74) is 1.15. The second-order valence-electron chi connectivity index (χ2n) is 5.63. The molecule has 4 nitrogen and oxygen atoms in total. The van der Waals surface area contributed by atoms with Gasteiger partial charge >= 0.3 is 0 Å². The predicted molar refractivity (Wildman–Crippen MR) is 96.1 cm³/mol. The highest BCUT2D eigenvalue weighted by Crippen LogP contribution is 2.25. The monoisotopic (exact) mass is 394 g/mol. The van der Waals surface area contributed by atoms with Gasteiger partial charge in [0.2, 0.25) is 10.0 Å². The van der Waals surface area contributed by atoms with E-state index in [1.54, 1.807) is 24.3 Å². The van der Waals surface area contributed by atoms with E-state index in [-0.39, 0.29) is 6.04 Å². The summed E-state index contributed by atoms with van der Waals surface area (Å²) in [6.07, 6.45) is 2.08. The van der Waals surface area contributed by atoms with Crippen LogP contribution in [-0.4, -0.2) is 27.5 Å². The van der Waals surface area contributed by atoms with Gasteiger partial charge in [0, 0.05) is 29.3 Å². The molecule has 0 radical (unpaired) electrons. The molecular weight excluding hydrogens is 376 g/mol. The molecule has 1 heterocycles. The predicted octanol–water partition coefficient (Wildman–Crippen LogP) is 3.40. The van der Waals surface area contributed by atoms with E-state index in [4.69, 9.17) is 0 Å². The molecule has 1 fully saturated rings. The number of halogens is 1. The summed E-state index contributed by atoms with van der Waals surface area (Å²) in [6.45, 7) is 1.39. The van der Waals surface area contributed by atoms with Crippen LogP contribution in [0, 0.1) is 0 Å². The van der Waals surface area contributed by atoms with Crippen molar-refractivity contribution in [2.75, 3.05) is 18.0 Å². The summed E-state index contributed by atoms with van der Waals surface area (Å²) in [5, 5.41) is 0. The molecule has 0 aliphatic carbocycles. The van der Waals surface area contributed by atoms with Gasteiger partial charge in [0.05, 0.1) is 4.90 Å². The van der Waals surface area contributed by atoms with Crippen molar-refractivity contribution in [1.82, 2.24) is 4.72 Å². The standard InChI is InChI=1S/C17H19BrN2O2S/c18-14-8-10-17(11-9-14)23(21,22)19-13-16-7-4-12-20(16)15-5-2-1-3-6-15/h1-3,5-6,8-11,16,19H,4,7,12-13H2. The number of nitrogens with one attached hydrogen (secondary N) is 1. The Morgan fingerprint density at radius 1 is 1.09 bits per heavy atom. The molecule has 2 aromatic rings. The molecular formula is C17H19BrN2O2S. The number of hydrogen-bond donors (Lipinski definition) is 1. The van der Waals surface area contributed by atoms with Crippen molar-refractivity contribution in [3.05, 3.63) is 59.1 Å². The molecule has 1 N–H and O–H groups in total. The third kappa shape index (κ3) is 3.94. The first-order chi connectivity index (χ1) is 11.1. The minimum Gasteiger partial charge on any atom is -0.367 e. The van der Waals surface area contributed by atoms with Crippen LogP contribution in [0.1, 0.15) is 12.8 Å². The van der Waals surface area contributed by atoms with Crippen molar-refractivity contribution in [2.45, 2.75) is 23.8 Å². The van der Waals surface area contributed by atoms with Crippen molar-refractivity contribution >= 4 is 31.6 Å². The molecule has 1 unspecified atom stereocenters. The number of benzene rings is 2. The molecule has 0 saturated carbocycles. The first-order valence-electron chi connectivity index (χ1n) is 7.63. The lowest BCUT2D eigenvalue weighted by Crippen LogP contribution is -2.40. The highest BCUT2D eigenvalue weighted by atomic mass is 79.9. The van der Waals surface area contributed by atoms with Gasteiger partial charge in [-0.15, -0.1) is 0 Å². The van der Waals surface area contributed by atoms with E-state index in [2.05, 4.69) is 37.7 Å². The number of nitrogens with zero attached hydrogens (tertiary/aromatic N) is 1. The molecule has 3 rings (SSSR count). The van der Waals surface area contributed by atoms with Gasteiger partial charge in [0.25, 0.3) is 0 Å². The first-order valence-corrected chi connectivity index (χ1v) is 9.91. The molecule has 6 heteroatoms. The summed E-state index contributed by atoms with van der Waals surface area (Å²) < 4.78 is 28.4. The third-order valence-electron chi connectivity index (χ3n) is 4.10. The Morgan fingerprint density at radius 2 is 1.78 bits per heavy atom. The van der Waals surface area contributed by atoms with Crippen LogP contribution in [0.5, 0.6) is 0 Å². The van der Waals surface area contributed by atoms with Crippen molar-refractivity contribution in [2.24, 2.45) is 0 Å². The maximum atomic E-state index is 12.4. The van der Waals surface area contributed by atoms with Crippen LogP contribution in [-0.2, 0) is 10.0 Å². The highest BCUT2D eigenvalue weighted by molar-refractivity contribution is 9.10. The molecule has 1 saturated heterocycles. The minimum absolute atomic E-state index is 0.197. The summed E-state index contributed by atoms with van der Waals surface area (Å²) in [6, 6.07) is 17.0. The van der Waals surface area contributed by atoms with E-state index in [9.17, 15) is 8.42 Å². The first kappa shape index (κ1) is 16.5. The van der Waals surface area contributed by atoms with E-state index in [1.807, 2.05) is 18.2 Å². The molecule has 0 bridgehead atoms. The number of anilines is 1. The largest absolute Gasteiger partial charge is 0.367 e. The summed E-state index contributed by atoms with van der Waals surface area (Å²) >= 11 is 3.32. The van der Waals surface area contributed by atoms with Gasteiger partial charge in [0.1, 0.15) is 0 Å². The number of para-hydroxylation sites is 1. The topological polar surface area (TPSA) is 49.4 Å². The Labute approximate surface area is 145 Å². The van der Waals surface area contributed by atoms with E-state index in [0.29, 0.717) is 11.4 Å². The fourth-order valence-corrected chi connectivity index (χ4v) is 4.25. The summed E-state index contributed by atoms with van der Waals surface area (Å²) in [7, 11) is -3.47. The normalized spacial score (nSPS) is 18.3. The fraction of sp³-hybridized carbons (Fsp3) is 0.294. The van der Waals surface area contributed by atoms with Gasteiger partial charge in [-0.2, -0.15) is 0 Å². The fourth-order valence-electron chi connectivity index (χ4n) is 2.91. The lowest BCUT2D eigenvalue weighted by molar-refractivity contribution is 0.567. The average molecular weight is 395 g/mol. The Kier molecular flexibility index (Phi) is 5.04. The van der Waals surface area contributed by atoms with Crippen LogP contribution < -0.4 is 9.62 Å². The van der Waals surface area contributed by atoms with Crippen molar-refractivity contribution < 1.29 is 8.42 Å². The lowest BCUT2D eigenvalue weighted by atomic mass is 10.2. The van der Waals surface area contributed by atoms with Crippen molar-refractivity contribution in [3.63, 3.8) is 0 Å². The number of sulfonamides is 1. The smallest absolute Gasteiger partial charge is 0.240 e. The number of hydrogen-bond acceptors (Lipinski definition) is 3. The quantitative estimate of drug-likeness (QED) is 0.845. The zero-order valence-electron chi connectivity index (χ0n) is 12.7. The molecule has 0 amide bonds. The molecule has 23 heavy (non-hydrogen) atoms. The van der Waals surface area contributed by atoms with Crippen molar-refractivity contribution in [1.29, 1.82) is 0 Å². The van der Waals surface area contributed by atoms with Crippen LogP contribution in [0.4, 0.5) is 5.69 Å². The van der Waals surface area contributed by atoms with Gasteiger partial charge in [-0.25, -0.2) is 13.1 Å². The molecule has 1 aliphatic heterocycles. The second kappa shape index (κ2) is 7.03. The van der Waals surface area contributed by atoms with Crippen LogP contribution in [0.2, 0.25) is 0 Å². The van der Waals surface area contributed by atoms with Gasteiger partial charge in [-0.3, -0.25) is 0 Å². The summed E-state index contributed by atoms with van der Waals surface area (Å²) in [4.78, 5) is 2.58. The molecule has 0 spiro atoms. The molecule has 1 atom stereocenters. The Hall–Kier alpha value is -1.37. The zero-order chi connectivity index (χ0) is 16.3. The molecule has 0 aromatic heterocycles. The Bertz CT molecular complexity index is 748. The second-order valence-corrected chi connectivity index (χ2v) is 8.31. The van der Waals surface area contributed by atoms with Crippen LogP contribution in [0.3, 0.4) is 0 Å². The third-order valence-corrected chi connectivity index (χ3v) is 6.07. The van der Waals surface area contributed by atoms with Crippen LogP contribution >= 0.6 is 15.9 Å². The average Bonchev–Trinajstić information content (AvgIpc) is 3.03. The van der Waals surface area contributed by atoms with E-state index >= 15 is 0 Å². The van der Waals surface area contributed by atoms with Crippen LogP contribution in [0.15, 0.2) is 64.0 Å². The van der Waals surface area contributed by atoms with Gasteiger partial charge < -0.3 is 4.90 Å². The lowest BCUT2D eigenvalue weighted by Gasteiger charge is -2.27. The summed E-state index contributed by atoms with van der Waals surface area (Å²) in [5.74, 6) is 0. The molecule has 1 aliphatic rings. The highest BCUT2D eigenvalue weighted by Gasteiger charge is 2.26. The van der Waals surface area contributed by atoms with Gasteiger partial charge in [-0.05, 0) is 49.2 Å². The SMILES string of the molecule is O=S(=O)(NCC1CCCN1c1ccccc1)c1ccc(Br)cc1. The Balaban J connectivity index is 1.68. The Morgan fingerprint density at radius 3 is 2.48 bits per heavy atom. The van der Waals surface area contributed by atoms with E-state index in [0.717, 1.165) is 29.5 Å². The van der Waals surface area contributed by atoms with Gasteiger partial charge in [-0.1, -0.05) is 34.1 Å². The van der Waals surface area contributed by atoms with Gasteiger partial charge in [0.15, 0.2) is 0 Å². The van der Waals surface area contributed by atoms with Crippen molar-refractivity contribution in [3.8, 4) is 0 Å². The maximum Gasteiger partial charge on any atom is 0.240 e. The maximum absolute atomic E-state index is 12.4. The van der Waals surface area contributed by atoms with Crippen LogP contribution in [0.25, 0.3) is 0 Å². The zero-order valence-corrected chi connectivity index (χ0v) is 15.1. The molecule has 122 valence electrons. The molecule has 2 aromatic carbocycles. The number of rotatable bonds is 5. The minimum atomic E-state index is -3.47. The van der Waals surface area contributed by atoms with E-state index in [1.165, 1.54) is 0 Å². The van der Waals surface area contributed by atoms with E-state index < -0.39 is 10.0 Å².